The van der Waals surface area contributed by atoms with Crippen molar-refractivity contribution in [2.45, 2.75) is 26.2 Å². The highest BCUT2D eigenvalue weighted by Gasteiger charge is 2.05. The Bertz CT molecular complexity index is 325. The molecule has 4 nitrogen and oxygen atoms in total. The molecule has 1 aromatic rings. The van der Waals surface area contributed by atoms with Crippen molar-refractivity contribution in [3.63, 3.8) is 0 Å². The summed E-state index contributed by atoms with van der Waals surface area (Å²) >= 11 is 0. The third kappa shape index (κ3) is 3.58. The van der Waals surface area contributed by atoms with Gasteiger partial charge < -0.3 is 10.5 Å². The number of nitrogens with zero attached hydrogens (tertiary/aromatic N) is 1. The van der Waals surface area contributed by atoms with E-state index in [1.165, 1.54) is 0 Å². The summed E-state index contributed by atoms with van der Waals surface area (Å²) in [6.07, 6.45) is 6.53. The number of aromatic nitrogens is 1. The zero-order valence-corrected chi connectivity index (χ0v) is 8.99. The zero-order chi connectivity index (χ0) is 11.1. The number of nitrogens with one attached hydrogen (secondary N) is 1. The van der Waals surface area contributed by atoms with Crippen LogP contribution in [0.25, 0.3) is 0 Å². The van der Waals surface area contributed by atoms with Crippen LogP contribution in [0.3, 0.4) is 0 Å². The molecule has 0 aromatic carbocycles. The maximum atomic E-state index is 7.36. The Labute approximate surface area is 90.0 Å². The number of ether oxygens (including phenoxy) is 1. The van der Waals surface area contributed by atoms with E-state index in [-0.39, 0.29) is 5.84 Å². The predicted molar refractivity (Wildman–Crippen MR) is 60.3 cm³/mol. The first kappa shape index (κ1) is 11.5. The van der Waals surface area contributed by atoms with E-state index in [4.69, 9.17) is 15.9 Å². The molecular weight excluding hydrogens is 190 g/mol. The van der Waals surface area contributed by atoms with Crippen molar-refractivity contribution in [3.05, 3.63) is 24.0 Å². The Morgan fingerprint density at radius 3 is 3.00 bits per heavy atom. The fourth-order valence-electron chi connectivity index (χ4n) is 1.25. The molecule has 0 spiro atoms. The van der Waals surface area contributed by atoms with Crippen molar-refractivity contribution < 1.29 is 4.74 Å². The van der Waals surface area contributed by atoms with Gasteiger partial charge in [0.15, 0.2) is 0 Å². The van der Waals surface area contributed by atoms with Crippen LogP contribution < -0.4 is 10.5 Å². The van der Waals surface area contributed by atoms with E-state index in [2.05, 4.69) is 11.9 Å². The van der Waals surface area contributed by atoms with E-state index in [9.17, 15) is 0 Å². The first-order chi connectivity index (χ1) is 7.25. The minimum absolute atomic E-state index is 0.0166. The molecule has 0 amide bonds. The minimum atomic E-state index is 0.0166. The lowest BCUT2D eigenvalue weighted by molar-refractivity contribution is 0.304. The summed E-state index contributed by atoms with van der Waals surface area (Å²) in [5, 5.41) is 7.36. The second kappa shape index (κ2) is 6.01. The molecule has 3 N–H and O–H groups in total. The fourth-order valence-corrected chi connectivity index (χ4v) is 1.25. The molecule has 0 saturated heterocycles. The lowest BCUT2D eigenvalue weighted by atomic mass is 10.2. The van der Waals surface area contributed by atoms with Crippen LogP contribution >= 0.6 is 0 Å². The molecule has 0 bridgehead atoms. The van der Waals surface area contributed by atoms with Crippen molar-refractivity contribution >= 4 is 5.84 Å². The summed E-state index contributed by atoms with van der Waals surface area (Å²) in [6.45, 7) is 2.80. The molecule has 82 valence electrons. The van der Waals surface area contributed by atoms with Crippen LogP contribution in [-0.4, -0.2) is 17.4 Å². The van der Waals surface area contributed by atoms with Gasteiger partial charge in [0.25, 0.3) is 0 Å². The lowest BCUT2D eigenvalue weighted by Crippen LogP contribution is -2.13. The van der Waals surface area contributed by atoms with Crippen molar-refractivity contribution in [3.8, 4) is 5.75 Å². The second-order valence-corrected chi connectivity index (χ2v) is 3.34. The molecule has 1 aromatic heterocycles. The van der Waals surface area contributed by atoms with Gasteiger partial charge in [-0.15, -0.1) is 0 Å². The van der Waals surface area contributed by atoms with Gasteiger partial charge in [0.05, 0.1) is 18.4 Å². The summed E-state index contributed by atoms with van der Waals surface area (Å²) in [7, 11) is 0. The van der Waals surface area contributed by atoms with Crippen LogP contribution in [0.1, 0.15) is 31.7 Å². The Hall–Kier alpha value is -1.58. The largest absolute Gasteiger partial charge is 0.491 e. The normalized spacial score (nSPS) is 9.93. The third-order valence-corrected chi connectivity index (χ3v) is 2.08. The van der Waals surface area contributed by atoms with E-state index in [1.54, 1.807) is 18.5 Å². The third-order valence-electron chi connectivity index (χ3n) is 2.08. The van der Waals surface area contributed by atoms with Gasteiger partial charge in [0.1, 0.15) is 11.6 Å². The van der Waals surface area contributed by atoms with Gasteiger partial charge in [-0.1, -0.05) is 19.8 Å². The van der Waals surface area contributed by atoms with Crippen LogP contribution in [0.4, 0.5) is 0 Å². The Morgan fingerprint density at radius 2 is 2.33 bits per heavy atom. The molecule has 1 heterocycles. The number of rotatable bonds is 6. The van der Waals surface area contributed by atoms with Gasteiger partial charge >= 0.3 is 0 Å². The van der Waals surface area contributed by atoms with Crippen LogP contribution in [0.15, 0.2) is 18.5 Å². The smallest absolute Gasteiger partial charge is 0.148 e. The van der Waals surface area contributed by atoms with Gasteiger partial charge in [-0.2, -0.15) is 0 Å². The minimum Gasteiger partial charge on any atom is -0.491 e. The molecular formula is C11H17N3O. The molecule has 15 heavy (non-hydrogen) atoms. The first-order valence-electron chi connectivity index (χ1n) is 5.17. The molecule has 1 rings (SSSR count). The van der Waals surface area contributed by atoms with E-state index in [0.717, 1.165) is 19.3 Å². The number of nitrogens with two attached hydrogens (primary N) is 1. The number of nitrogen functional groups attached to an aromatic ring is 1. The standard InChI is InChI=1S/C11H17N3O/c1-2-3-4-7-15-10-8-14-6-5-9(10)11(12)13/h5-6,8H,2-4,7H2,1H3,(H3,12,13). The van der Waals surface area contributed by atoms with E-state index >= 15 is 0 Å². The number of pyridine rings is 1. The molecule has 0 radical (unpaired) electrons. The fraction of sp³-hybridized carbons (Fsp3) is 0.455. The van der Waals surface area contributed by atoms with Crippen molar-refractivity contribution in [2.24, 2.45) is 5.73 Å². The maximum Gasteiger partial charge on any atom is 0.148 e. The van der Waals surface area contributed by atoms with Gasteiger partial charge in [0, 0.05) is 6.20 Å². The predicted octanol–water partition coefficient (Wildman–Crippen LogP) is 1.93. The average Bonchev–Trinajstić information content (AvgIpc) is 2.25. The summed E-state index contributed by atoms with van der Waals surface area (Å²) in [6, 6.07) is 1.69. The lowest BCUT2D eigenvalue weighted by Gasteiger charge is -2.09. The molecule has 4 heteroatoms. The zero-order valence-electron chi connectivity index (χ0n) is 8.99. The summed E-state index contributed by atoms with van der Waals surface area (Å²) in [4.78, 5) is 3.95. The molecule has 0 fully saturated rings. The van der Waals surface area contributed by atoms with Gasteiger partial charge in [-0.25, -0.2) is 0 Å². The number of unbranched alkanes of at least 4 members (excludes halogenated alkanes) is 2. The highest BCUT2D eigenvalue weighted by Crippen LogP contribution is 2.15. The summed E-state index contributed by atoms with van der Waals surface area (Å²) < 4.78 is 5.52. The molecule has 0 aliphatic carbocycles. The van der Waals surface area contributed by atoms with Crippen molar-refractivity contribution in [2.75, 3.05) is 6.61 Å². The molecule has 0 atom stereocenters. The Balaban J connectivity index is 2.56. The maximum absolute atomic E-state index is 7.36. The highest BCUT2D eigenvalue weighted by atomic mass is 16.5. The SMILES string of the molecule is CCCCCOc1cnccc1C(=N)N. The average molecular weight is 207 g/mol. The number of hydrogen-bond donors (Lipinski definition) is 2. The first-order valence-corrected chi connectivity index (χ1v) is 5.17. The van der Waals surface area contributed by atoms with E-state index in [1.807, 2.05) is 0 Å². The summed E-state index contributed by atoms with van der Waals surface area (Å²) in [5.74, 6) is 0.615. The molecule has 0 saturated carbocycles. The highest BCUT2D eigenvalue weighted by molar-refractivity contribution is 5.97. The summed E-state index contributed by atoms with van der Waals surface area (Å²) in [5.41, 5.74) is 6.03. The quantitative estimate of drug-likeness (QED) is 0.425. The van der Waals surface area contributed by atoms with Crippen LogP contribution in [0.2, 0.25) is 0 Å². The van der Waals surface area contributed by atoms with Crippen LogP contribution in [0, 0.1) is 5.41 Å². The van der Waals surface area contributed by atoms with Crippen molar-refractivity contribution in [1.29, 1.82) is 5.41 Å². The van der Waals surface area contributed by atoms with Crippen molar-refractivity contribution in [1.82, 2.24) is 4.98 Å². The Kier molecular flexibility index (Phi) is 4.60. The molecule has 0 aliphatic rings. The van der Waals surface area contributed by atoms with Gasteiger partial charge in [-0.3, -0.25) is 10.4 Å². The topological polar surface area (TPSA) is 72.0 Å². The van der Waals surface area contributed by atoms with Crippen LogP contribution in [-0.2, 0) is 0 Å². The van der Waals surface area contributed by atoms with Gasteiger partial charge in [-0.05, 0) is 12.5 Å². The Morgan fingerprint density at radius 1 is 1.53 bits per heavy atom. The molecule has 0 aliphatic heterocycles. The van der Waals surface area contributed by atoms with E-state index in [0.29, 0.717) is 17.9 Å². The number of hydrogen-bond acceptors (Lipinski definition) is 3. The second-order valence-electron chi connectivity index (χ2n) is 3.34. The number of amidine groups is 1. The van der Waals surface area contributed by atoms with Crippen LogP contribution in [0.5, 0.6) is 5.75 Å². The van der Waals surface area contributed by atoms with E-state index < -0.39 is 0 Å². The molecule has 0 unspecified atom stereocenters. The monoisotopic (exact) mass is 207 g/mol. The van der Waals surface area contributed by atoms with Gasteiger partial charge in [0.2, 0.25) is 0 Å².